The monoisotopic (exact) mass is 251 g/mol. The highest BCUT2D eigenvalue weighted by molar-refractivity contribution is 5.18. The predicted molar refractivity (Wildman–Crippen MR) is 76.3 cm³/mol. The van der Waals surface area contributed by atoms with Crippen LogP contribution in [0.1, 0.15) is 45.6 Å². The molecule has 0 aliphatic heterocycles. The molecule has 1 aromatic rings. The summed E-state index contributed by atoms with van der Waals surface area (Å²) in [6.07, 6.45) is 4.38. The Balaban J connectivity index is 2.59. The largest absolute Gasteiger partial charge is 0.314 e. The highest BCUT2D eigenvalue weighted by Gasteiger charge is 2.14. The van der Waals surface area contributed by atoms with Gasteiger partial charge in [0.15, 0.2) is 0 Å². The van der Waals surface area contributed by atoms with E-state index in [9.17, 15) is 4.39 Å². The second kappa shape index (κ2) is 8.25. The first-order valence-corrected chi connectivity index (χ1v) is 7.14. The van der Waals surface area contributed by atoms with Gasteiger partial charge >= 0.3 is 0 Å². The van der Waals surface area contributed by atoms with Crippen molar-refractivity contribution in [3.63, 3.8) is 0 Å². The SMILES string of the molecule is CCCC(C)CC(Cc1ccccc1F)NCC. The van der Waals surface area contributed by atoms with Crippen molar-refractivity contribution in [2.24, 2.45) is 5.92 Å². The van der Waals surface area contributed by atoms with Gasteiger partial charge in [0.2, 0.25) is 0 Å². The van der Waals surface area contributed by atoms with Gasteiger partial charge in [-0.1, -0.05) is 51.8 Å². The molecule has 0 saturated heterocycles. The second-order valence-corrected chi connectivity index (χ2v) is 5.18. The number of hydrogen-bond donors (Lipinski definition) is 1. The Morgan fingerprint density at radius 2 is 1.94 bits per heavy atom. The highest BCUT2D eigenvalue weighted by Crippen LogP contribution is 2.17. The summed E-state index contributed by atoms with van der Waals surface area (Å²) in [7, 11) is 0. The van der Waals surface area contributed by atoms with Gasteiger partial charge in [0.1, 0.15) is 5.82 Å². The molecular weight excluding hydrogens is 225 g/mol. The van der Waals surface area contributed by atoms with Crippen LogP contribution in [0.4, 0.5) is 4.39 Å². The summed E-state index contributed by atoms with van der Waals surface area (Å²) in [5.41, 5.74) is 0.826. The third-order valence-corrected chi connectivity index (χ3v) is 3.39. The summed E-state index contributed by atoms with van der Waals surface area (Å²) in [5.74, 6) is 0.620. The van der Waals surface area contributed by atoms with Gasteiger partial charge in [0.05, 0.1) is 0 Å². The molecule has 102 valence electrons. The van der Waals surface area contributed by atoms with Gasteiger partial charge in [-0.3, -0.25) is 0 Å². The van der Waals surface area contributed by atoms with Gasteiger partial charge in [-0.05, 0) is 36.9 Å². The lowest BCUT2D eigenvalue weighted by Crippen LogP contribution is -2.33. The smallest absolute Gasteiger partial charge is 0.126 e. The summed E-state index contributed by atoms with van der Waals surface area (Å²) in [6.45, 7) is 7.56. The molecule has 0 spiro atoms. The molecule has 0 aliphatic rings. The van der Waals surface area contributed by atoms with Crippen LogP contribution in [0.15, 0.2) is 24.3 Å². The summed E-state index contributed by atoms with van der Waals surface area (Å²) < 4.78 is 13.6. The van der Waals surface area contributed by atoms with Crippen LogP contribution in [-0.2, 0) is 6.42 Å². The molecule has 2 unspecified atom stereocenters. The van der Waals surface area contributed by atoms with Crippen LogP contribution < -0.4 is 5.32 Å². The average molecular weight is 251 g/mol. The number of halogens is 1. The zero-order chi connectivity index (χ0) is 13.4. The fourth-order valence-corrected chi connectivity index (χ4v) is 2.55. The van der Waals surface area contributed by atoms with Crippen molar-refractivity contribution in [2.45, 2.75) is 52.5 Å². The Kier molecular flexibility index (Phi) is 6.96. The molecule has 0 saturated carbocycles. The molecule has 0 fully saturated rings. The molecule has 0 amide bonds. The molecule has 0 heterocycles. The maximum absolute atomic E-state index is 13.6. The minimum absolute atomic E-state index is 0.0800. The molecule has 0 aromatic heterocycles. The molecule has 0 bridgehead atoms. The standard InChI is InChI=1S/C16H26FN/c1-4-8-13(3)11-15(18-5-2)12-14-9-6-7-10-16(14)17/h6-7,9-10,13,15,18H,4-5,8,11-12H2,1-3H3. The number of benzene rings is 1. The van der Waals surface area contributed by atoms with E-state index in [0.29, 0.717) is 12.0 Å². The number of rotatable bonds is 8. The van der Waals surface area contributed by atoms with E-state index in [1.807, 2.05) is 12.1 Å². The van der Waals surface area contributed by atoms with Crippen LogP contribution >= 0.6 is 0 Å². The fourth-order valence-electron chi connectivity index (χ4n) is 2.55. The van der Waals surface area contributed by atoms with E-state index in [2.05, 4.69) is 26.1 Å². The minimum Gasteiger partial charge on any atom is -0.314 e. The van der Waals surface area contributed by atoms with Crippen LogP contribution in [0.2, 0.25) is 0 Å². The fraction of sp³-hybridized carbons (Fsp3) is 0.625. The summed E-state index contributed by atoms with van der Waals surface area (Å²) in [6, 6.07) is 7.49. The molecule has 1 N–H and O–H groups in total. The van der Waals surface area contributed by atoms with E-state index >= 15 is 0 Å². The second-order valence-electron chi connectivity index (χ2n) is 5.18. The lowest BCUT2D eigenvalue weighted by atomic mass is 9.93. The Bertz CT molecular complexity index is 338. The molecule has 0 aliphatic carbocycles. The Labute approximate surface area is 111 Å². The van der Waals surface area contributed by atoms with Crippen molar-refractivity contribution in [3.05, 3.63) is 35.6 Å². The van der Waals surface area contributed by atoms with E-state index in [4.69, 9.17) is 0 Å². The van der Waals surface area contributed by atoms with Crippen molar-refractivity contribution < 1.29 is 4.39 Å². The van der Waals surface area contributed by atoms with Crippen LogP contribution in [0.25, 0.3) is 0 Å². The third-order valence-electron chi connectivity index (χ3n) is 3.39. The van der Waals surface area contributed by atoms with Crippen LogP contribution in [-0.4, -0.2) is 12.6 Å². The molecule has 1 nitrogen and oxygen atoms in total. The van der Waals surface area contributed by atoms with Crippen molar-refractivity contribution >= 4 is 0 Å². The molecule has 18 heavy (non-hydrogen) atoms. The van der Waals surface area contributed by atoms with E-state index in [-0.39, 0.29) is 5.82 Å². The number of nitrogens with one attached hydrogen (secondary N) is 1. The highest BCUT2D eigenvalue weighted by atomic mass is 19.1. The van der Waals surface area contributed by atoms with Gasteiger partial charge in [0, 0.05) is 6.04 Å². The molecule has 2 heteroatoms. The van der Waals surface area contributed by atoms with Crippen LogP contribution in [0.5, 0.6) is 0 Å². The maximum Gasteiger partial charge on any atom is 0.126 e. The van der Waals surface area contributed by atoms with Crippen molar-refractivity contribution in [1.29, 1.82) is 0 Å². The quantitative estimate of drug-likeness (QED) is 0.731. The molecule has 0 radical (unpaired) electrons. The van der Waals surface area contributed by atoms with Gasteiger partial charge < -0.3 is 5.32 Å². The van der Waals surface area contributed by atoms with Gasteiger partial charge in [0.25, 0.3) is 0 Å². The predicted octanol–water partition coefficient (Wildman–Crippen LogP) is 4.17. The van der Waals surface area contributed by atoms with Crippen molar-refractivity contribution in [2.75, 3.05) is 6.54 Å². The molecule has 1 rings (SSSR count). The van der Waals surface area contributed by atoms with E-state index in [1.165, 1.54) is 12.8 Å². The van der Waals surface area contributed by atoms with Crippen LogP contribution in [0, 0.1) is 11.7 Å². The first kappa shape index (κ1) is 15.2. The maximum atomic E-state index is 13.6. The molecular formula is C16H26FN. The summed E-state index contributed by atoms with van der Waals surface area (Å²) in [5, 5.41) is 3.48. The third kappa shape index (κ3) is 5.18. The molecule has 1 aromatic carbocycles. The van der Waals surface area contributed by atoms with Crippen LogP contribution in [0.3, 0.4) is 0 Å². The van der Waals surface area contributed by atoms with E-state index in [0.717, 1.165) is 24.9 Å². The average Bonchev–Trinajstić information content (AvgIpc) is 2.32. The Hall–Kier alpha value is -0.890. The van der Waals surface area contributed by atoms with E-state index < -0.39 is 0 Å². The zero-order valence-electron chi connectivity index (χ0n) is 11.9. The van der Waals surface area contributed by atoms with Gasteiger partial charge in [-0.15, -0.1) is 0 Å². The van der Waals surface area contributed by atoms with Crippen molar-refractivity contribution in [3.8, 4) is 0 Å². The summed E-state index contributed by atoms with van der Waals surface area (Å²) in [4.78, 5) is 0. The minimum atomic E-state index is -0.0800. The first-order chi connectivity index (χ1) is 8.67. The normalized spacial score (nSPS) is 14.4. The molecule has 2 atom stereocenters. The zero-order valence-corrected chi connectivity index (χ0v) is 11.9. The lowest BCUT2D eigenvalue weighted by molar-refractivity contribution is 0.382. The topological polar surface area (TPSA) is 12.0 Å². The van der Waals surface area contributed by atoms with Gasteiger partial charge in [-0.25, -0.2) is 4.39 Å². The van der Waals surface area contributed by atoms with E-state index in [1.54, 1.807) is 12.1 Å². The summed E-state index contributed by atoms with van der Waals surface area (Å²) >= 11 is 0. The first-order valence-electron chi connectivity index (χ1n) is 7.14. The van der Waals surface area contributed by atoms with Crippen molar-refractivity contribution in [1.82, 2.24) is 5.32 Å². The number of likely N-dealkylation sites (N-methyl/N-ethyl adjacent to an activating group) is 1. The Morgan fingerprint density at radius 3 is 2.56 bits per heavy atom. The van der Waals surface area contributed by atoms with Gasteiger partial charge in [-0.2, -0.15) is 0 Å². The Morgan fingerprint density at radius 1 is 1.22 bits per heavy atom. The number of hydrogen-bond acceptors (Lipinski definition) is 1. The lowest BCUT2D eigenvalue weighted by Gasteiger charge is -2.22.